The zero-order valence-corrected chi connectivity index (χ0v) is 41.2. The quantitative estimate of drug-likeness (QED) is 0.0346. The molecule has 64 heavy (non-hydrogen) atoms. The molecule has 0 radical (unpaired) electrons. The highest BCUT2D eigenvalue weighted by Crippen LogP contribution is 2.12. The van der Waals surface area contributed by atoms with Crippen molar-refractivity contribution in [2.45, 2.75) is 207 Å². The van der Waals surface area contributed by atoms with Crippen molar-refractivity contribution in [1.29, 1.82) is 0 Å². The van der Waals surface area contributed by atoms with Gasteiger partial charge in [0, 0.05) is 19.4 Å². The summed E-state index contributed by atoms with van der Waals surface area (Å²) < 4.78 is 17.3. The van der Waals surface area contributed by atoms with Crippen LogP contribution in [0.25, 0.3) is 0 Å². The summed E-state index contributed by atoms with van der Waals surface area (Å²) in [5.41, 5.74) is 0. The third-order valence-corrected chi connectivity index (χ3v) is 10.2. The van der Waals surface area contributed by atoms with Gasteiger partial charge in [0.05, 0.1) is 6.61 Å². The van der Waals surface area contributed by atoms with Gasteiger partial charge < -0.3 is 14.2 Å². The van der Waals surface area contributed by atoms with Crippen molar-refractivity contribution < 1.29 is 23.8 Å². The number of carbonyl (C=O) groups excluding carboxylic acids is 2. The molecule has 0 aromatic carbocycles. The van der Waals surface area contributed by atoms with Gasteiger partial charge in [-0.15, -0.1) is 0 Å². The Morgan fingerprint density at radius 1 is 0.344 bits per heavy atom. The second-order valence-corrected chi connectivity index (χ2v) is 16.3. The Hall–Kier alpha value is -3.96. The molecule has 0 bridgehead atoms. The van der Waals surface area contributed by atoms with E-state index in [2.05, 4.69) is 154 Å². The van der Waals surface area contributed by atoms with Gasteiger partial charge >= 0.3 is 11.9 Å². The van der Waals surface area contributed by atoms with Gasteiger partial charge in [0.1, 0.15) is 6.61 Å². The minimum absolute atomic E-state index is 0.0414. The highest BCUT2D eigenvalue weighted by Gasteiger charge is 2.17. The molecule has 0 saturated heterocycles. The van der Waals surface area contributed by atoms with Gasteiger partial charge in [0.15, 0.2) is 6.10 Å². The Morgan fingerprint density at radius 3 is 1.06 bits per heavy atom. The van der Waals surface area contributed by atoms with Crippen molar-refractivity contribution in [3.05, 3.63) is 134 Å². The minimum Gasteiger partial charge on any atom is -0.462 e. The van der Waals surface area contributed by atoms with E-state index >= 15 is 0 Å². The molecule has 5 heteroatoms. The predicted octanol–water partition coefficient (Wildman–Crippen LogP) is 17.6. The maximum Gasteiger partial charge on any atom is 0.306 e. The molecule has 0 N–H and O–H groups in total. The molecule has 360 valence electrons. The zero-order chi connectivity index (χ0) is 46.3. The lowest BCUT2D eigenvalue weighted by Gasteiger charge is -2.18. The van der Waals surface area contributed by atoms with Gasteiger partial charge in [-0.1, -0.05) is 193 Å². The first-order chi connectivity index (χ1) is 31.6. The minimum atomic E-state index is -0.588. The number of unbranched alkanes of at least 4 members (excludes halogenated alkanes) is 12. The molecule has 0 aromatic rings. The fourth-order valence-corrected chi connectivity index (χ4v) is 6.45. The van der Waals surface area contributed by atoms with E-state index in [9.17, 15) is 9.59 Å². The summed E-state index contributed by atoms with van der Waals surface area (Å²) in [6.45, 7) is 7.32. The average Bonchev–Trinajstić information content (AvgIpc) is 3.30. The smallest absolute Gasteiger partial charge is 0.306 e. The van der Waals surface area contributed by atoms with Gasteiger partial charge in [-0.25, -0.2) is 0 Å². The van der Waals surface area contributed by atoms with E-state index in [4.69, 9.17) is 14.2 Å². The molecule has 0 amide bonds. The molecule has 0 aromatic heterocycles. The predicted molar refractivity (Wildman–Crippen MR) is 278 cm³/mol. The number of hydrogen-bond acceptors (Lipinski definition) is 5. The molecule has 0 heterocycles. The van der Waals surface area contributed by atoms with Gasteiger partial charge in [0.25, 0.3) is 0 Å². The van der Waals surface area contributed by atoms with Crippen LogP contribution in [0.2, 0.25) is 0 Å². The van der Waals surface area contributed by atoms with Crippen molar-refractivity contribution >= 4 is 11.9 Å². The monoisotopic (exact) mass is 883 g/mol. The Balaban J connectivity index is 4.43. The molecule has 0 saturated carbocycles. The van der Waals surface area contributed by atoms with Gasteiger partial charge in [0.2, 0.25) is 0 Å². The zero-order valence-electron chi connectivity index (χ0n) is 41.2. The average molecular weight is 883 g/mol. The Labute approximate surface area is 394 Å². The van der Waals surface area contributed by atoms with Gasteiger partial charge in [-0.3, -0.25) is 9.59 Å². The van der Waals surface area contributed by atoms with Crippen molar-refractivity contribution in [1.82, 2.24) is 0 Å². The van der Waals surface area contributed by atoms with Crippen LogP contribution in [0.15, 0.2) is 134 Å². The molecule has 0 spiro atoms. The van der Waals surface area contributed by atoms with Crippen molar-refractivity contribution in [3.63, 3.8) is 0 Å². The van der Waals surface area contributed by atoms with E-state index in [1.807, 2.05) is 0 Å². The third-order valence-electron chi connectivity index (χ3n) is 10.2. The van der Waals surface area contributed by atoms with E-state index in [1.165, 1.54) is 25.7 Å². The topological polar surface area (TPSA) is 61.8 Å². The standard InChI is InChI=1S/C59H94O5/c1-4-7-10-13-16-19-22-25-27-29-31-33-36-39-42-45-48-51-54-62-55-57(64-59(61)53-50-47-44-41-38-34-24-21-18-15-12-9-6-3)56-63-58(60)52-49-46-43-40-37-35-32-30-28-26-23-20-17-14-11-8-5-2/h7-12,16-21,25-28,31,33-34,38-39,42,57H,4-6,13-15,22-24,29-30,32,35-37,40-41,43-56H2,1-3H3/b10-7-,11-8-,12-9-,19-16-,20-17-,21-18-,27-25-,28-26-,33-31-,38-34-,42-39-. The second-order valence-electron chi connectivity index (χ2n) is 16.3. The lowest BCUT2D eigenvalue weighted by molar-refractivity contribution is -0.163. The SMILES string of the molecule is CC/C=C\C/C=C\C/C=C\C/C=C\C/C=C\CCCCOCC(COC(=O)CCCCCCCCC/C=C\C/C=C\C/C=C\CC)OC(=O)CCCCC/C=C\C/C=C\C/C=C\CC. The van der Waals surface area contributed by atoms with Crippen molar-refractivity contribution in [2.75, 3.05) is 19.8 Å². The van der Waals surface area contributed by atoms with E-state index in [-0.39, 0.29) is 25.2 Å². The van der Waals surface area contributed by atoms with Crippen LogP contribution in [0.5, 0.6) is 0 Å². The molecule has 0 aliphatic heterocycles. The van der Waals surface area contributed by atoms with E-state index in [0.29, 0.717) is 19.4 Å². The van der Waals surface area contributed by atoms with Crippen molar-refractivity contribution in [2.24, 2.45) is 0 Å². The summed E-state index contributed by atoms with van der Waals surface area (Å²) in [7, 11) is 0. The van der Waals surface area contributed by atoms with Crippen LogP contribution >= 0.6 is 0 Å². The number of esters is 2. The molecular formula is C59H94O5. The number of hydrogen-bond donors (Lipinski definition) is 0. The number of rotatable bonds is 45. The maximum absolute atomic E-state index is 12.8. The second kappa shape index (κ2) is 53.4. The number of allylic oxidation sites excluding steroid dienone is 22. The van der Waals surface area contributed by atoms with Crippen LogP contribution in [0, 0.1) is 0 Å². The molecule has 0 rings (SSSR count). The fourth-order valence-electron chi connectivity index (χ4n) is 6.45. The molecule has 0 aliphatic rings. The first kappa shape index (κ1) is 60.0. The number of carbonyl (C=O) groups is 2. The lowest BCUT2D eigenvalue weighted by Crippen LogP contribution is -2.30. The highest BCUT2D eigenvalue weighted by molar-refractivity contribution is 5.70. The van der Waals surface area contributed by atoms with Gasteiger partial charge in [-0.05, 0) is 128 Å². The molecule has 0 aliphatic carbocycles. The molecule has 1 unspecified atom stereocenters. The molecular weight excluding hydrogens is 789 g/mol. The lowest BCUT2D eigenvalue weighted by atomic mass is 10.1. The number of ether oxygens (including phenoxy) is 3. The summed E-state index contributed by atoms with van der Waals surface area (Å²) in [5, 5.41) is 0. The van der Waals surface area contributed by atoms with Crippen LogP contribution in [-0.4, -0.2) is 37.9 Å². The van der Waals surface area contributed by atoms with Crippen LogP contribution in [0.3, 0.4) is 0 Å². The third kappa shape index (κ3) is 50.7. The summed E-state index contributed by atoms with van der Waals surface area (Å²) in [6.07, 6.45) is 76.1. The van der Waals surface area contributed by atoms with Gasteiger partial charge in [-0.2, -0.15) is 0 Å². The molecule has 0 fully saturated rings. The van der Waals surface area contributed by atoms with Crippen LogP contribution in [-0.2, 0) is 23.8 Å². The summed E-state index contributed by atoms with van der Waals surface area (Å²) in [4.78, 5) is 25.4. The highest BCUT2D eigenvalue weighted by atomic mass is 16.6. The fraction of sp³-hybridized carbons (Fsp3) is 0.593. The molecule has 5 nitrogen and oxygen atoms in total. The van der Waals surface area contributed by atoms with Crippen LogP contribution in [0.1, 0.15) is 201 Å². The maximum atomic E-state index is 12.8. The Bertz CT molecular complexity index is 1370. The van der Waals surface area contributed by atoms with E-state index < -0.39 is 6.10 Å². The Morgan fingerprint density at radius 2 is 0.656 bits per heavy atom. The van der Waals surface area contributed by atoms with E-state index in [0.717, 1.165) is 141 Å². The van der Waals surface area contributed by atoms with Crippen LogP contribution in [0.4, 0.5) is 0 Å². The van der Waals surface area contributed by atoms with Crippen LogP contribution < -0.4 is 0 Å². The molecule has 1 atom stereocenters. The largest absolute Gasteiger partial charge is 0.462 e. The van der Waals surface area contributed by atoms with E-state index in [1.54, 1.807) is 0 Å². The summed E-state index contributed by atoms with van der Waals surface area (Å²) >= 11 is 0. The summed E-state index contributed by atoms with van der Waals surface area (Å²) in [5.74, 6) is -0.478. The first-order valence-corrected chi connectivity index (χ1v) is 25.7. The first-order valence-electron chi connectivity index (χ1n) is 25.7. The van der Waals surface area contributed by atoms with Crippen molar-refractivity contribution in [3.8, 4) is 0 Å². The normalized spacial score (nSPS) is 13.4. The Kier molecular flexibility index (Phi) is 50.1. The summed E-state index contributed by atoms with van der Waals surface area (Å²) in [6, 6.07) is 0.